The van der Waals surface area contributed by atoms with Gasteiger partial charge in [-0.15, -0.1) is 0 Å². The van der Waals surface area contributed by atoms with Crippen molar-refractivity contribution in [3.05, 3.63) is 40.6 Å². The molecule has 0 amide bonds. The number of methoxy groups -OCH3 is 1. The molecule has 0 unspecified atom stereocenters. The second-order valence-corrected chi connectivity index (χ2v) is 5.24. The molecular weight excluding hydrogens is 306 g/mol. The molecular formula is C14H18BrN3O. The van der Waals surface area contributed by atoms with E-state index in [1.54, 1.807) is 7.11 Å². The molecule has 0 aliphatic rings. The van der Waals surface area contributed by atoms with E-state index < -0.39 is 0 Å². The number of rotatable bonds is 6. The molecule has 0 atom stereocenters. The Labute approximate surface area is 121 Å². The lowest BCUT2D eigenvalue weighted by Gasteiger charge is -2.09. The van der Waals surface area contributed by atoms with Crippen molar-refractivity contribution in [1.29, 1.82) is 0 Å². The molecule has 0 fully saturated rings. The zero-order valence-electron chi connectivity index (χ0n) is 11.2. The number of nitrogens with one attached hydrogen (secondary N) is 1. The minimum Gasteiger partial charge on any atom is -0.385 e. The van der Waals surface area contributed by atoms with Crippen molar-refractivity contribution in [2.75, 3.05) is 25.6 Å². The van der Waals surface area contributed by atoms with Crippen LogP contribution in [-0.2, 0) is 4.74 Å². The molecule has 0 bridgehead atoms. The standard InChI is InChI=1S/C14H18BrN3O/c1-11-10-18(13-6-4-12(15)5-7-13)14(17-11)16-8-3-9-19-2/h4-7,10H,3,8-9H2,1-2H3,(H,16,17). The van der Waals surface area contributed by atoms with Gasteiger partial charge in [-0.3, -0.25) is 4.57 Å². The van der Waals surface area contributed by atoms with Crippen LogP contribution in [0.2, 0.25) is 0 Å². The number of nitrogens with zero attached hydrogens (tertiary/aromatic N) is 2. The Morgan fingerprint density at radius 1 is 1.32 bits per heavy atom. The summed E-state index contributed by atoms with van der Waals surface area (Å²) in [6.45, 7) is 3.60. The van der Waals surface area contributed by atoms with E-state index in [1.807, 2.05) is 25.3 Å². The third-order valence-electron chi connectivity index (χ3n) is 2.74. The van der Waals surface area contributed by atoms with Crippen LogP contribution in [0.1, 0.15) is 12.1 Å². The fourth-order valence-electron chi connectivity index (χ4n) is 1.84. The molecule has 0 radical (unpaired) electrons. The monoisotopic (exact) mass is 323 g/mol. The van der Waals surface area contributed by atoms with E-state index in [0.29, 0.717) is 0 Å². The van der Waals surface area contributed by atoms with Crippen LogP contribution in [0.5, 0.6) is 0 Å². The van der Waals surface area contributed by atoms with E-state index in [2.05, 4.69) is 42.9 Å². The largest absolute Gasteiger partial charge is 0.385 e. The lowest BCUT2D eigenvalue weighted by Crippen LogP contribution is -2.09. The second kappa shape index (κ2) is 6.73. The van der Waals surface area contributed by atoms with Gasteiger partial charge in [0.25, 0.3) is 0 Å². The third kappa shape index (κ3) is 3.81. The van der Waals surface area contributed by atoms with E-state index in [9.17, 15) is 0 Å². The Morgan fingerprint density at radius 3 is 2.74 bits per heavy atom. The number of aryl methyl sites for hydroxylation is 1. The number of benzene rings is 1. The summed E-state index contributed by atoms with van der Waals surface area (Å²) in [5, 5.41) is 3.34. The Hall–Kier alpha value is -1.33. The SMILES string of the molecule is COCCCNc1nc(C)cn1-c1ccc(Br)cc1. The van der Waals surface area contributed by atoms with Crippen molar-refractivity contribution in [3.63, 3.8) is 0 Å². The van der Waals surface area contributed by atoms with Gasteiger partial charge in [-0.25, -0.2) is 4.98 Å². The average molecular weight is 324 g/mol. The van der Waals surface area contributed by atoms with E-state index in [0.717, 1.165) is 41.4 Å². The average Bonchev–Trinajstić information content (AvgIpc) is 2.77. The van der Waals surface area contributed by atoms with Crippen molar-refractivity contribution in [2.24, 2.45) is 0 Å². The van der Waals surface area contributed by atoms with Crippen LogP contribution in [0.25, 0.3) is 5.69 Å². The summed E-state index contributed by atoms with van der Waals surface area (Å²) in [6.07, 6.45) is 2.99. The topological polar surface area (TPSA) is 39.1 Å². The molecule has 0 spiro atoms. The molecule has 0 aliphatic heterocycles. The number of hydrogen-bond donors (Lipinski definition) is 1. The maximum atomic E-state index is 5.04. The van der Waals surface area contributed by atoms with Gasteiger partial charge in [0.2, 0.25) is 5.95 Å². The van der Waals surface area contributed by atoms with Gasteiger partial charge in [0.1, 0.15) is 0 Å². The fraction of sp³-hybridized carbons (Fsp3) is 0.357. The first-order valence-corrected chi connectivity index (χ1v) is 7.05. The first kappa shape index (κ1) is 14.1. The lowest BCUT2D eigenvalue weighted by molar-refractivity contribution is 0.197. The lowest BCUT2D eigenvalue weighted by atomic mass is 10.3. The maximum absolute atomic E-state index is 5.04. The second-order valence-electron chi connectivity index (χ2n) is 4.33. The molecule has 1 N–H and O–H groups in total. The van der Waals surface area contributed by atoms with E-state index in [1.165, 1.54) is 0 Å². The number of ether oxygens (including phenoxy) is 1. The summed E-state index contributed by atoms with van der Waals surface area (Å²) in [4.78, 5) is 4.51. The molecule has 19 heavy (non-hydrogen) atoms. The Balaban J connectivity index is 2.13. The molecule has 2 aromatic rings. The number of aromatic nitrogens is 2. The Bertz CT molecular complexity index is 522. The molecule has 1 aromatic heterocycles. The molecule has 0 aliphatic carbocycles. The summed E-state index contributed by atoms with van der Waals surface area (Å²) < 4.78 is 8.18. The number of halogens is 1. The quantitative estimate of drug-likeness (QED) is 0.828. The smallest absolute Gasteiger partial charge is 0.207 e. The molecule has 4 nitrogen and oxygen atoms in total. The molecule has 1 heterocycles. The summed E-state index contributed by atoms with van der Waals surface area (Å²) in [6, 6.07) is 8.18. The van der Waals surface area contributed by atoms with Crippen molar-refractivity contribution in [1.82, 2.24) is 9.55 Å². The van der Waals surface area contributed by atoms with Crippen molar-refractivity contribution >= 4 is 21.9 Å². The zero-order valence-corrected chi connectivity index (χ0v) is 12.8. The van der Waals surface area contributed by atoms with Crippen LogP contribution in [0.3, 0.4) is 0 Å². The molecule has 102 valence electrons. The van der Waals surface area contributed by atoms with Crippen LogP contribution in [0.4, 0.5) is 5.95 Å². The summed E-state index contributed by atoms with van der Waals surface area (Å²) in [5.41, 5.74) is 2.09. The van der Waals surface area contributed by atoms with Crippen LogP contribution >= 0.6 is 15.9 Å². The minimum absolute atomic E-state index is 0.755. The zero-order chi connectivity index (χ0) is 13.7. The van der Waals surface area contributed by atoms with Gasteiger partial charge in [0.05, 0.1) is 5.69 Å². The normalized spacial score (nSPS) is 10.7. The van der Waals surface area contributed by atoms with Crippen molar-refractivity contribution in [2.45, 2.75) is 13.3 Å². The van der Waals surface area contributed by atoms with Crippen LogP contribution in [-0.4, -0.2) is 29.8 Å². The predicted molar refractivity (Wildman–Crippen MR) is 81.0 cm³/mol. The first-order valence-electron chi connectivity index (χ1n) is 6.25. The number of hydrogen-bond acceptors (Lipinski definition) is 3. The van der Waals surface area contributed by atoms with Gasteiger partial charge in [0.15, 0.2) is 0 Å². The van der Waals surface area contributed by atoms with Crippen molar-refractivity contribution < 1.29 is 4.74 Å². The molecule has 1 aromatic carbocycles. The molecule has 0 saturated carbocycles. The Morgan fingerprint density at radius 2 is 2.05 bits per heavy atom. The van der Waals surface area contributed by atoms with Crippen LogP contribution in [0, 0.1) is 6.92 Å². The van der Waals surface area contributed by atoms with E-state index in [4.69, 9.17) is 4.74 Å². The molecule has 5 heteroatoms. The highest BCUT2D eigenvalue weighted by Crippen LogP contribution is 2.19. The molecule has 2 rings (SSSR count). The van der Waals surface area contributed by atoms with Crippen molar-refractivity contribution in [3.8, 4) is 5.69 Å². The summed E-state index contributed by atoms with van der Waals surface area (Å²) >= 11 is 3.45. The van der Waals surface area contributed by atoms with Gasteiger partial charge in [-0.1, -0.05) is 15.9 Å². The third-order valence-corrected chi connectivity index (χ3v) is 3.27. The summed E-state index contributed by atoms with van der Waals surface area (Å²) in [7, 11) is 1.72. The fourth-order valence-corrected chi connectivity index (χ4v) is 2.10. The van der Waals surface area contributed by atoms with Crippen LogP contribution < -0.4 is 5.32 Å². The van der Waals surface area contributed by atoms with Gasteiger partial charge >= 0.3 is 0 Å². The minimum atomic E-state index is 0.755. The number of anilines is 1. The van der Waals surface area contributed by atoms with E-state index in [-0.39, 0.29) is 0 Å². The molecule has 0 saturated heterocycles. The maximum Gasteiger partial charge on any atom is 0.207 e. The summed E-state index contributed by atoms with van der Waals surface area (Å²) in [5.74, 6) is 0.871. The van der Waals surface area contributed by atoms with Gasteiger partial charge in [-0.05, 0) is 37.6 Å². The van der Waals surface area contributed by atoms with E-state index >= 15 is 0 Å². The highest BCUT2D eigenvalue weighted by molar-refractivity contribution is 9.10. The van der Waals surface area contributed by atoms with Gasteiger partial charge < -0.3 is 10.1 Å². The van der Waals surface area contributed by atoms with Crippen LogP contribution in [0.15, 0.2) is 34.9 Å². The van der Waals surface area contributed by atoms with Gasteiger partial charge in [0, 0.05) is 36.6 Å². The van der Waals surface area contributed by atoms with Gasteiger partial charge in [-0.2, -0.15) is 0 Å². The highest BCUT2D eigenvalue weighted by atomic mass is 79.9. The highest BCUT2D eigenvalue weighted by Gasteiger charge is 2.06. The predicted octanol–water partition coefficient (Wildman–Crippen LogP) is 3.39. The Kier molecular flexibility index (Phi) is 4.99. The number of imidazole rings is 1. The first-order chi connectivity index (χ1) is 9.20.